The van der Waals surface area contributed by atoms with E-state index in [9.17, 15) is 18.0 Å². The lowest BCUT2D eigenvalue weighted by molar-refractivity contribution is -0.139. The first-order valence-corrected chi connectivity index (χ1v) is 15.0. The Kier molecular flexibility index (Phi) is 11.1. The second-order valence-electron chi connectivity index (χ2n) is 8.90. The summed E-state index contributed by atoms with van der Waals surface area (Å²) < 4.78 is 28.4. The van der Waals surface area contributed by atoms with Crippen LogP contribution in [0.2, 0.25) is 15.1 Å². The first kappa shape index (κ1) is 30.8. The molecule has 1 atom stereocenters. The molecule has 1 N–H and O–H groups in total. The summed E-state index contributed by atoms with van der Waals surface area (Å²) >= 11 is 18.4. The molecule has 0 fully saturated rings. The molecule has 7 nitrogen and oxygen atoms in total. The van der Waals surface area contributed by atoms with Crippen molar-refractivity contribution in [2.24, 2.45) is 0 Å². The van der Waals surface area contributed by atoms with Crippen LogP contribution in [0.25, 0.3) is 0 Å². The van der Waals surface area contributed by atoms with Gasteiger partial charge in [-0.25, -0.2) is 8.42 Å². The highest BCUT2D eigenvalue weighted by molar-refractivity contribution is 7.92. The van der Waals surface area contributed by atoms with Crippen molar-refractivity contribution in [1.82, 2.24) is 10.2 Å². The SMILES string of the molecule is CCCCNC(=O)[C@H](C)N(Cc1ccc(Cl)c(Cl)c1)C(=O)CN(c1cccc(Cl)c1)S(=O)(=O)c1ccccc1. The number of unbranched alkanes of at least 4 members (excludes halogenated alkanes) is 1. The topological polar surface area (TPSA) is 86.8 Å². The van der Waals surface area contributed by atoms with E-state index in [4.69, 9.17) is 34.8 Å². The molecular formula is C28H30Cl3N3O4S. The number of hydrogen-bond acceptors (Lipinski definition) is 4. The summed E-state index contributed by atoms with van der Waals surface area (Å²) in [5, 5.41) is 3.81. The van der Waals surface area contributed by atoms with Gasteiger partial charge in [0.15, 0.2) is 0 Å². The predicted octanol–water partition coefficient (Wildman–Crippen LogP) is 6.18. The molecular weight excluding hydrogens is 581 g/mol. The molecule has 0 heterocycles. The van der Waals surface area contributed by atoms with Gasteiger partial charge in [-0.15, -0.1) is 0 Å². The summed E-state index contributed by atoms with van der Waals surface area (Å²) in [4.78, 5) is 28.2. The lowest BCUT2D eigenvalue weighted by atomic mass is 10.1. The molecule has 0 aliphatic rings. The van der Waals surface area contributed by atoms with Gasteiger partial charge < -0.3 is 10.2 Å². The average molecular weight is 611 g/mol. The molecule has 2 amide bonds. The maximum absolute atomic E-state index is 13.9. The molecule has 3 aromatic rings. The zero-order valence-corrected chi connectivity index (χ0v) is 24.7. The Morgan fingerprint density at radius 2 is 1.64 bits per heavy atom. The Morgan fingerprint density at radius 1 is 0.923 bits per heavy atom. The third-order valence-corrected chi connectivity index (χ3v) is 8.80. The molecule has 0 bridgehead atoms. The maximum Gasteiger partial charge on any atom is 0.264 e. The van der Waals surface area contributed by atoms with Crippen molar-refractivity contribution in [3.63, 3.8) is 0 Å². The zero-order valence-electron chi connectivity index (χ0n) is 21.6. The van der Waals surface area contributed by atoms with Crippen molar-refractivity contribution in [3.05, 3.63) is 93.4 Å². The average Bonchev–Trinajstić information content (AvgIpc) is 2.92. The van der Waals surface area contributed by atoms with Crippen molar-refractivity contribution >= 4 is 62.3 Å². The van der Waals surface area contributed by atoms with E-state index in [1.165, 1.54) is 23.1 Å². The maximum atomic E-state index is 13.9. The van der Waals surface area contributed by atoms with Crippen LogP contribution in [-0.2, 0) is 26.2 Å². The van der Waals surface area contributed by atoms with Gasteiger partial charge in [0.1, 0.15) is 12.6 Å². The van der Waals surface area contributed by atoms with E-state index in [1.807, 2.05) is 6.92 Å². The molecule has 0 saturated carbocycles. The molecule has 0 unspecified atom stereocenters. The van der Waals surface area contributed by atoms with E-state index in [2.05, 4.69) is 5.32 Å². The van der Waals surface area contributed by atoms with Gasteiger partial charge in [-0.2, -0.15) is 0 Å². The highest BCUT2D eigenvalue weighted by Gasteiger charge is 2.32. The number of benzene rings is 3. The van der Waals surface area contributed by atoms with Crippen molar-refractivity contribution in [2.45, 2.75) is 44.2 Å². The first-order valence-electron chi connectivity index (χ1n) is 12.4. The number of carbonyl (C=O) groups excluding carboxylic acids is 2. The number of rotatable bonds is 12. The fourth-order valence-electron chi connectivity index (χ4n) is 3.83. The Bertz CT molecular complexity index is 1400. The summed E-state index contributed by atoms with van der Waals surface area (Å²) in [5.41, 5.74) is 0.848. The van der Waals surface area contributed by atoms with Crippen molar-refractivity contribution < 1.29 is 18.0 Å². The van der Waals surface area contributed by atoms with Crippen molar-refractivity contribution in [1.29, 1.82) is 0 Å². The summed E-state index contributed by atoms with van der Waals surface area (Å²) in [7, 11) is -4.16. The van der Waals surface area contributed by atoms with E-state index in [1.54, 1.807) is 61.5 Å². The highest BCUT2D eigenvalue weighted by Crippen LogP contribution is 2.27. The van der Waals surface area contributed by atoms with Crippen LogP contribution in [0.4, 0.5) is 5.69 Å². The molecule has 0 aliphatic heterocycles. The molecule has 0 saturated heterocycles. The molecule has 0 aliphatic carbocycles. The molecule has 3 aromatic carbocycles. The normalized spacial score (nSPS) is 12.0. The second kappa shape index (κ2) is 14.0. The van der Waals surface area contributed by atoms with Crippen LogP contribution in [0.5, 0.6) is 0 Å². The third-order valence-electron chi connectivity index (χ3n) is 6.04. The minimum atomic E-state index is -4.16. The van der Waals surface area contributed by atoms with E-state index < -0.39 is 28.5 Å². The molecule has 3 rings (SSSR count). The van der Waals surface area contributed by atoms with E-state index >= 15 is 0 Å². The quantitative estimate of drug-likeness (QED) is 0.248. The minimum Gasteiger partial charge on any atom is -0.354 e. The largest absolute Gasteiger partial charge is 0.354 e. The van der Waals surface area contributed by atoms with Crippen molar-refractivity contribution in [2.75, 3.05) is 17.4 Å². The second-order valence-corrected chi connectivity index (χ2v) is 12.0. The number of carbonyl (C=O) groups is 2. The minimum absolute atomic E-state index is 0.00680. The Labute approximate surface area is 244 Å². The van der Waals surface area contributed by atoms with Gasteiger partial charge in [0.05, 0.1) is 20.6 Å². The fourth-order valence-corrected chi connectivity index (χ4v) is 5.77. The number of sulfonamides is 1. The Morgan fingerprint density at radius 3 is 2.28 bits per heavy atom. The van der Waals surface area contributed by atoms with Gasteiger partial charge in [-0.1, -0.05) is 78.5 Å². The van der Waals surface area contributed by atoms with E-state index in [0.29, 0.717) is 27.2 Å². The van der Waals surface area contributed by atoms with Crippen LogP contribution < -0.4 is 9.62 Å². The van der Waals surface area contributed by atoms with Gasteiger partial charge in [0.2, 0.25) is 11.8 Å². The summed E-state index contributed by atoms with van der Waals surface area (Å²) in [5.74, 6) is -0.934. The molecule has 0 aromatic heterocycles. The van der Waals surface area contributed by atoms with Gasteiger partial charge in [0.25, 0.3) is 10.0 Å². The Hall–Kier alpha value is -2.78. The van der Waals surface area contributed by atoms with Crippen LogP contribution >= 0.6 is 34.8 Å². The molecule has 0 radical (unpaired) electrons. The van der Waals surface area contributed by atoms with E-state index in [0.717, 1.165) is 17.1 Å². The monoisotopic (exact) mass is 609 g/mol. The lowest BCUT2D eigenvalue weighted by Crippen LogP contribution is -2.51. The zero-order chi connectivity index (χ0) is 28.6. The number of hydrogen-bond donors (Lipinski definition) is 1. The standard InChI is InChI=1S/C28H30Cl3N3O4S/c1-3-4-15-32-28(36)20(2)33(18-21-13-14-25(30)26(31)16-21)27(35)19-34(23-10-8-9-22(29)17-23)39(37,38)24-11-6-5-7-12-24/h5-14,16-17,20H,3-4,15,18-19H2,1-2H3,(H,32,36)/t20-/m0/s1. The Balaban J connectivity index is 2.00. The first-order chi connectivity index (χ1) is 18.5. The lowest BCUT2D eigenvalue weighted by Gasteiger charge is -2.32. The number of halogens is 3. The van der Waals surface area contributed by atoms with Gasteiger partial charge in [-0.05, 0) is 61.4 Å². The van der Waals surface area contributed by atoms with E-state index in [-0.39, 0.29) is 23.0 Å². The van der Waals surface area contributed by atoms with Crippen LogP contribution in [0.3, 0.4) is 0 Å². The third kappa shape index (κ3) is 8.11. The van der Waals surface area contributed by atoms with Crippen LogP contribution in [0.15, 0.2) is 77.7 Å². The molecule has 0 spiro atoms. The summed E-state index contributed by atoms with van der Waals surface area (Å²) in [6.45, 7) is 3.52. The molecule has 208 valence electrons. The number of amides is 2. The number of nitrogens with zero attached hydrogens (tertiary/aromatic N) is 2. The van der Waals surface area contributed by atoms with Crippen LogP contribution in [0, 0.1) is 0 Å². The highest BCUT2D eigenvalue weighted by atomic mass is 35.5. The van der Waals surface area contributed by atoms with Crippen LogP contribution in [-0.4, -0.2) is 44.3 Å². The molecule has 39 heavy (non-hydrogen) atoms. The van der Waals surface area contributed by atoms with Crippen molar-refractivity contribution in [3.8, 4) is 0 Å². The van der Waals surface area contributed by atoms with Gasteiger partial charge in [0, 0.05) is 18.1 Å². The summed E-state index contributed by atoms with van der Waals surface area (Å²) in [6.07, 6.45) is 1.68. The smallest absolute Gasteiger partial charge is 0.264 e. The fraction of sp³-hybridized carbons (Fsp3) is 0.286. The van der Waals surface area contributed by atoms with Crippen LogP contribution in [0.1, 0.15) is 32.3 Å². The predicted molar refractivity (Wildman–Crippen MR) is 157 cm³/mol. The number of anilines is 1. The summed E-state index contributed by atoms with van der Waals surface area (Å²) in [6, 6.07) is 18.1. The van der Waals surface area contributed by atoms with Gasteiger partial charge in [-0.3, -0.25) is 13.9 Å². The number of nitrogens with one attached hydrogen (secondary N) is 1. The molecule has 11 heteroatoms. The van der Waals surface area contributed by atoms with Gasteiger partial charge >= 0.3 is 0 Å².